The first-order valence-corrected chi connectivity index (χ1v) is 8.58. The number of amides is 2. The molecule has 6 heteroatoms. The molecule has 0 bridgehead atoms. The van der Waals surface area contributed by atoms with Crippen LogP contribution < -0.4 is 9.64 Å². The number of carbonyl (C=O) groups excluding carboxylic acids is 2. The lowest BCUT2D eigenvalue weighted by molar-refractivity contribution is -0.136. The Bertz CT molecular complexity index is 611. The van der Waals surface area contributed by atoms with Gasteiger partial charge in [-0.25, -0.2) is 0 Å². The average Bonchev–Trinajstić information content (AvgIpc) is 3.02. The van der Waals surface area contributed by atoms with Crippen molar-refractivity contribution in [3.05, 3.63) is 24.3 Å². The van der Waals surface area contributed by atoms with E-state index in [4.69, 9.17) is 4.74 Å². The molecule has 2 fully saturated rings. The molecule has 24 heavy (non-hydrogen) atoms. The van der Waals surface area contributed by atoms with Gasteiger partial charge in [-0.15, -0.1) is 0 Å². The second-order valence-corrected chi connectivity index (χ2v) is 6.32. The van der Waals surface area contributed by atoms with Gasteiger partial charge < -0.3 is 19.4 Å². The van der Waals surface area contributed by atoms with Gasteiger partial charge in [-0.2, -0.15) is 0 Å². The van der Waals surface area contributed by atoms with Gasteiger partial charge in [0.25, 0.3) is 0 Å². The summed E-state index contributed by atoms with van der Waals surface area (Å²) in [5, 5.41) is 0. The SMILES string of the molecule is CCN1CC(C(=O)N2CCN(c3ccccc3OC)CC2)CC1=O. The zero-order chi connectivity index (χ0) is 17.1. The lowest BCUT2D eigenvalue weighted by atomic mass is 10.1. The van der Waals surface area contributed by atoms with E-state index >= 15 is 0 Å². The Morgan fingerprint density at radius 2 is 1.92 bits per heavy atom. The predicted molar refractivity (Wildman–Crippen MR) is 92.1 cm³/mol. The van der Waals surface area contributed by atoms with Crippen molar-refractivity contribution in [3.8, 4) is 5.75 Å². The number of methoxy groups -OCH3 is 1. The monoisotopic (exact) mass is 331 g/mol. The van der Waals surface area contributed by atoms with Crippen molar-refractivity contribution >= 4 is 17.5 Å². The van der Waals surface area contributed by atoms with Gasteiger partial charge in [-0.3, -0.25) is 9.59 Å². The molecule has 1 unspecified atom stereocenters. The van der Waals surface area contributed by atoms with Gasteiger partial charge in [0.15, 0.2) is 0 Å². The molecule has 2 amide bonds. The number of rotatable bonds is 4. The lowest BCUT2D eigenvalue weighted by Crippen LogP contribution is -2.50. The maximum atomic E-state index is 12.7. The summed E-state index contributed by atoms with van der Waals surface area (Å²) >= 11 is 0. The molecule has 0 spiro atoms. The van der Waals surface area contributed by atoms with Crippen molar-refractivity contribution in [2.45, 2.75) is 13.3 Å². The summed E-state index contributed by atoms with van der Waals surface area (Å²) in [7, 11) is 1.68. The summed E-state index contributed by atoms with van der Waals surface area (Å²) in [5.41, 5.74) is 1.07. The minimum Gasteiger partial charge on any atom is -0.495 e. The largest absolute Gasteiger partial charge is 0.495 e. The number of para-hydroxylation sites is 2. The van der Waals surface area contributed by atoms with Crippen molar-refractivity contribution < 1.29 is 14.3 Å². The Morgan fingerprint density at radius 1 is 1.21 bits per heavy atom. The van der Waals surface area contributed by atoms with Gasteiger partial charge in [0.05, 0.1) is 18.7 Å². The van der Waals surface area contributed by atoms with Crippen LogP contribution in [0.25, 0.3) is 0 Å². The highest BCUT2D eigenvalue weighted by atomic mass is 16.5. The molecule has 0 aliphatic carbocycles. The van der Waals surface area contributed by atoms with Crippen LogP contribution in [0, 0.1) is 5.92 Å². The Balaban J connectivity index is 1.59. The molecule has 1 aromatic rings. The maximum absolute atomic E-state index is 12.7. The van der Waals surface area contributed by atoms with Crippen LogP contribution in [0.2, 0.25) is 0 Å². The minimum absolute atomic E-state index is 0.100. The van der Waals surface area contributed by atoms with Crippen LogP contribution in [0.5, 0.6) is 5.75 Å². The first-order valence-electron chi connectivity index (χ1n) is 8.58. The third-order valence-electron chi connectivity index (χ3n) is 4.96. The smallest absolute Gasteiger partial charge is 0.228 e. The van der Waals surface area contributed by atoms with Gasteiger partial charge in [-0.1, -0.05) is 12.1 Å². The van der Waals surface area contributed by atoms with Crippen molar-refractivity contribution in [1.82, 2.24) is 9.80 Å². The van der Waals surface area contributed by atoms with Gasteiger partial charge in [0.1, 0.15) is 5.75 Å². The van der Waals surface area contributed by atoms with Crippen molar-refractivity contribution in [2.24, 2.45) is 5.92 Å². The van der Waals surface area contributed by atoms with Crippen molar-refractivity contribution in [1.29, 1.82) is 0 Å². The number of carbonyl (C=O) groups is 2. The third-order valence-corrected chi connectivity index (χ3v) is 4.96. The number of benzene rings is 1. The number of hydrogen-bond donors (Lipinski definition) is 0. The molecule has 0 saturated carbocycles. The van der Waals surface area contributed by atoms with E-state index in [9.17, 15) is 9.59 Å². The molecule has 2 saturated heterocycles. The lowest BCUT2D eigenvalue weighted by Gasteiger charge is -2.37. The number of likely N-dealkylation sites (tertiary alicyclic amines) is 1. The van der Waals surface area contributed by atoms with Crippen molar-refractivity contribution in [3.63, 3.8) is 0 Å². The fourth-order valence-electron chi connectivity index (χ4n) is 3.56. The number of ether oxygens (including phenoxy) is 1. The van der Waals surface area contributed by atoms with Crippen LogP contribution in [0.15, 0.2) is 24.3 Å². The molecule has 0 N–H and O–H groups in total. The fraction of sp³-hybridized carbons (Fsp3) is 0.556. The topological polar surface area (TPSA) is 53.1 Å². The van der Waals surface area contributed by atoms with Crippen LogP contribution in [-0.4, -0.2) is 68.0 Å². The van der Waals surface area contributed by atoms with Crippen LogP contribution in [0.4, 0.5) is 5.69 Å². The highest BCUT2D eigenvalue weighted by Gasteiger charge is 2.36. The Kier molecular flexibility index (Phi) is 4.92. The van der Waals surface area contributed by atoms with E-state index in [1.165, 1.54) is 0 Å². The number of anilines is 1. The normalized spacial score (nSPS) is 21.3. The van der Waals surface area contributed by atoms with Crippen LogP contribution >= 0.6 is 0 Å². The van der Waals surface area contributed by atoms with Gasteiger partial charge >= 0.3 is 0 Å². The zero-order valence-electron chi connectivity index (χ0n) is 14.4. The highest BCUT2D eigenvalue weighted by Crippen LogP contribution is 2.29. The number of hydrogen-bond acceptors (Lipinski definition) is 4. The molecule has 130 valence electrons. The van der Waals surface area contributed by atoms with E-state index < -0.39 is 0 Å². The van der Waals surface area contributed by atoms with Crippen LogP contribution in [-0.2, 0) is 9.59 Å². The Hall–Kier alpha value is -2.24. The van der Waals surface area contributed by atoms with E-state index in [1.807, 2.05) is 36.1 Å². The minimum atomic E-state index is -0.171. The maximum Gasteiger partial charge on any atom is 0.228 e. The number of piperazine rings is 1. The molecular weight excluding hydrogens is 306 g/mol. The summed E-state index contributed by atoms with van der Waals surface area (Å²) in [5.74, 6) is 0.912. The molecule has 0 radical (unpaired) electrons. The summed E-state index contributed by atoms with van der Waals surface area (Å²) < 4.78 is 5.42. The molecule has 2 aliphatic heterocycles. The summed E-state index contributed by atoms with van der Waals surface area (Å²) in [6, 6.07) is 7.96. The molecule has 0 aromatic heterocycles. The summed E-state index contributed by atoms with van der Waals surface area (Å²) in [6.07, 6.45) is 0.361. The molecule has 1 atom stereocenters. The van der Waals surface area contributed by atoms with E-state index in [0.29, 0.717) is 32.6 Å². The first-order chi connectivity index (χ1) is 11.6. The standard InChI is InChI=1S/C18H25N3O3/c1-3-19-13-14(12-17(19)22)18(23)21-10-8-20(9-11-21)15-6-4-5-7-16(15)24-2/h4-7,14H,3,8-13H2,1-2H3. The molecule has 6 nitrogen and oxygen atoms in total. The summed E-state index contributed by atoms with van der Waals surface area (Å²) in [6.45, 7) is 6.15. The first kappa shape index (κ1) is 16.6. The predicted octanol–water partition coefficient (Wildman–Crippen LogP) is 1.21. The fourth-order valence-corrected chi connectivity index (χ4v) is 3.56. The van der Waals surface area contributed by atoms with Crippen LogP contribution in [0.3, 0.4) is 0 Å². The quantitative estimate of drug-likeness (QED) is 0.832. The Labute approximate surface area is 143 Å². The second-order valence-electron chi connectivity index (χ2n) is 6.32. The van der Waals surface area contributed by atoms with E-state index in [0.717, 1.165) is 24.5 Å². The molecule has 3 rings (SSSR count). The molecular formula is C18H25N3O3. The van der Waals surface area contributed by atoms with Gasteiger partial charge in [0.2, 0.25) is 11.8 Å². The summed E-state index contributed by atoms with van der Waals surface area (Å²) in [4.78, 5) is 30.4. The van der Waals surface area contributed by atoms with Crippen LogP contribution in [0.1, 0.15) is 13.3 Å². The van der Waals surface area contributed by atoms with Crippen molar-refractivity contribution in [2.75, 3.05) is 51.3 Å². The molecule has 2 heterocycles. The Morgan fingerprint density at radius 3 is 2.54 bits per heavy atom. The highest BCUT2D eigenvalue weighted by molar-refractivity contribution is 5.89. The third kappa shape index (κ3) is 3.18. The van der Waals surface area contributed by atoms with E-state index in [2.05, 4.69) is 4.90 Å². The second kappa shape index (κ2) is 7.11. The average molecular weight is 331 g/mol. The number of nitrogens with zero attached hydrogens (tertiary/aromatic N) is 3. The molecule has 1 aromatic carbocycles. The van der Waals surface area contributed by atoms with Gasteiger partial charge in [-0.05, 0) is 19.1 Å². The van der Waals surface area contributed by atoms with Gasteiger partial charge in [0, 0.05) is 45.7 Å². The molecule has 2 aliphatic rings. The van der Waals surface area contributed by atoms with E-state index in [1.54, 1.807) is 12.0 Å². The van der Waals surface area contributed by atoms with E-state index in [-0.39, 0.29) is 17.7 Å². The zero-order valence-corrected chi connectivity index (χ0v) is 14.4.